The second kappa shape index (κ2) is 8.83. The number of pyridine rings is 1. The molecule has 0 aliphatic carbocycles. The number of carbonyl (C=O) groups excluding carboxylic acids is 3. The maximum absolute atomic E-state index is 12.0. The van der Waals surface area contributed by atoms with Crippen LogP contribution < -0.4 is 16.2 Å². The second-order valence-corrected chi connectivity index (χ2v) is 6.34. The number of nitrogens with zero attached hydrogens (tertiary/aromatic N) is 2. The number of carbonyl (C=O) groups is 3. The lowest BCUT2D eigenvalue weighted by Crippen LogP contribution is -2.42. The van der Waals surface area contributed by atoms with Crippen LogP contribution in [0.15, 0.2) is 35.1 Å². The quantitative estimate of drug-likeness (QED) is 0.651. The molecule has 0 fully saturated rings. The highest BCUT2D eigenvalue weighted by molar-refractivity contribution is 8.01. The minimum atomic E-state index is -0.489. The Hall–Kier alpha value is -2.88. The molecule has 25 heavy (non-hydrogen) atoms. The third-order valence-electron chi connectivity index (χ3n) is 2.95. The van der Waals surface area contributed by atoms with Gasteiger partial charge in [-0.25, -0.2) is 0 Å². The zero-order valence-electron chi connectivity index (χ0n) is 13.6. The Balaban J connectivity index is 1.70. The molecule has 2 aromatic rings. The molecule has 3 amide bonds. The van der Waals surface area contributed by atoms with E-state index >= 15 is 0 Å². The maximum Gasteiger partial charge on any atom is 0.271 e. The lowest BCUT2D eigenvalue weighted by atomic mass is 10.3. The van der Waals surface area contributed by atoms with E-state index in [4.69, 9.17) is 4.52 Å². The highest BCUT2D eigenvalue weighted by atomic mass is 32.2. The summed E-state index contributed by atoms with van der Waals surface area (Å²) in [4.78, 5) is 39.3. The maximum atomic E-state index is 12.0. The molecule has 0 spiro atoms. The SMILES string of the molecule is Cc1cc(NC(=O)[C@H](C)SCC(=O)NNC(=O)c2cccnc2)no1. The Bertz CT molecular complexity index is 749. The summed E-state index contributed by atoms with van der Waals surface area (Å²) in [5.74, 6) is -0.300. The van der Waals surface area contributed by atoms with E-state index in [0.717, 1.165) is 11.8 Å². The molecular formula is C15H17N5O4S. The summed E-state index contributed by atoms with van der Waals surface area (Å²) in [7, 11) is 0. The van der Waals surface area contributed by atoms with Crippen molar-refractivity contribution in [2.45, 2.75) is 19.1 Å². The number of amides is 3. The first-order valence-corrected chi connectivity index (χ1v) is 8.35. The fourth-order valence-electron chi connectivity index (χ4n) is 1.66. The molecule has 9 nitrogen and oxygen atoms in total. The van der Waals surface area contributed by atoms with Crippen LogP contribution in [0.5, 0.6) is 0 Å². The van der Waals surface area contributed by atoms with Crippen molar-refractivity contribution >= 4 is 35.3 Å². The molecule has 2 rings (SSSR count). The molecule has 3 N–H and O–H groups in total. The number of aryl methyl sites for hydroxylation is 1. The van der Waals surface area contributed by atoms with Gasteiger partial charge in [0.25, 0.3) is 5.91 Å². The van der Waals surface area contributed by atoms with Gasteiger partial charge in [-0.15, -0.1) is 11.8 Å². The van der Waals surface area contributed by atoms with Crippen LogP contribution in [0.3, 0.4) is 0 Å². The van der Waals surface area contributed by atoms with Gasteiger partial charge in [0, 0.05) is 18.5 Å². The van der Waals surface area contributed by atoms with E-state index in [0.29, 0.717) is 17.1 Å². The number of thioether (sulfide) groups is 1. The molecule has 0 aliphatic rings. The lowest BCUT2D eigenvalue weighted by molar-refractivity contribution is -0.119. The zero-order valence-corrected chi connectivity index (χ0v) is 14.4. The predicted octanol–water partition coefficient (Wildman–Crippen LogP) is 0.899. The van der Waals surface area contributed by atoms with Crippen LogP contribution in [-0.4, -0.2) is 38.9 Å². The van der Waals surface area contributed by atoms with E-state index in [2.05, 4.69) is 26.3 Å². The molecule has 0 aliphatic heterocycles. The second-order valence-electron chi connectivity index (χ2n) is 5.01. The molecule has 0 saturated carbocycles. The Morgan fingerprint density at radius 1 is 1.32 bits per heavy atom. The molecule has 10 heteroatoms. The third-order valence-corrected chi connectivity index (χ3v) is 4.09. The summed E-state index contributed by atoms with van der Waals surface area (Å²) < 4.78 is 4.85. The van der Waals surface area contributed by atoms with E-state index in [1.807, 2.05) is 0 Å². The van der Waals surface area contributed by atoms with Gasteiger partial charge in [0.2, 0.25) is 11.8 Å². The van der Waals surface area contributed by atoms with Crippen molar-refractivity contribution in [3.63, 3.8) is 0 Å². The summed E-state index contributed by atoms with van der Waals surface area (Å²) in [6, 6.07) is 4.78. The molecule has 0 radical (unpaired) electrons. The van der Waals surface area contributed by atoms with Crippen molar-refractivity contribution in [2.24, 2.45) is 0 Å². The molecule has 0 saturated heterocycles. The van der Waals surface area contributed by atoms with E-state index < -0.39 is 17.1 Å². The van der Waals surface area contributed by atoms with Crippen LogP contribution in [0.4, 0.5) is 5.82 Å². The minimum absolute atomic E-state index is 0.000248. The summed E-state index contributed by atoms with van der Waals surface area (Å²) in [5.41, 5.74) is 4.89. The zero-order chi connectivity index (χ0) is 18.2. The van der Waals surface area contributed by atoms with Crippen molar-refractivity contribution in [2.75, 3.05) is 11.1 Å². The fraction of sp³-hybridized carbons (Fsp3) is 0.267. The largest absolute Gasteiger partial charge is 0.360 e. The van der Waals surface area contributed by atoms with Gasteiger partial charge in [0.05, 0.1) is 16.6 Å². The molecule has 0 bridgehead atoms. The van der Waals surface area contributed by atoms with Crippen molar-refractivity contribution in [1.82, 2.24) is 21.0 Å². The molecular weight excluding hydrogens is 346 g/mol. The summed E-state index contributed by atoms with van der Waals surface area (Å²) in [6.07, 6.45) is 2.92. The first-order valence-electron chi connectivity index (χ1n) is 7.30. The van der Waals surface area contributed by atoms with Gasteiger partial charge >= 0.3 is 0 Å². The van der Waals surface area contributed by atoms with Crippen LogP contribution in [0.25, 0.3) is 0 Å². The van der Waals surface area contributed by atoms with Gasteiger partial charge < -0.3 is 9.84 Å². The Morgan fingerprint density at radius 2 is 2.12 bits per heavy atom. The Labute approximate surface area is 147 Å². The molecule has 2 heterocycles. The van der Waals surface area contributed by atoms with E-state index in [9.17, 15) is 14.4 Å². The van der Waals surface area contributed by atoms with Crippen LogP contribution in [0.2, 0.25) is 0 Å². The molecule has 0 aromatic carbocycles. The van der Waals surface area contributed by atoms with Crippen molar-refractivity contribution in [3.05, 3.63) is 41.9 Å². The number of nitrogens with one attached hydrogen (secondary N) is 3. The predicted molar refractivity (Wildman–Crippen MR) is 91.6 cm³/mol. The normalized spacial score (nSPS) is 11.4. The Morgan fingerprint density at radius 3 is 2.76 bits per heavy atom. The van der Waals surface area contributed by atoms with E-state index in [1.54, 1.807) is 38.2 Å². The average molecular weight is 363 g/mol. The highest BCUT2D eigenvalue weighted by Gasteiger charge is 2.17. The number of aromatic nitrogens is 2. The monoisotopic (exact) mass is 363 g/mol. The number of anilines is 1. The number of hydrogen-bond acceptors (Lipinski definition) is 7. The highest BCUT2D eigenvalue weighted by Crippen LogP contribution is 2.13. The van der Waals surface area contributed by atoms with Crippen LogP contribution >= 0.6 is 11.8 Å². The molecule has 132 valence electrons. The summed E-state index contributed by atoms with van der Waals surface area (Å²) in [5, 5.41) is 5.76. The van der Waals surface area contributed by atoms with E-state index in [1.165, 1.54) is 6.20 Å². The van der Waals surface area contributed by atoms with Gasteiger partial charge in [-0.05, 0) is 26.0 Å². The molecule has 2 aromatic heterocycles. The third kappa shape index (κ3) is 5.92. The van der Waals surface area contributed by atoms with Crippen molar-refractivity contribution in [1.29, 1.82) is 0 Å². The minimum Gasteiger partial charge on any atom is -0.360 e. The standard InChI is InChI=1S/C15H17N5O4S/c1-9-6-12(20-24-9)17-14(22)10(2)25-8-13(21)18-19-15(23)11-4-3-5-16-7-11/h3-7,10H,8H2,1-2H3,(H,18,21)(H,19,23)(H,17,20,22)/t10-/m0/s1. The van der Waals surface area contributed by atoms with Gasteiger partial charge in [-0.3, -0.25) is 30.2 Å². The molecule has 1 atom stereocenters. The van der Waals surface area contributed by atoms with Crippen LogP contribution in [-0.2, 0) is 9.59 Å². The summed E-state index contributed by atoms with van der Waals surface area (Å²) in [6.45, 7) is 3.37. The first kappa shape index (κ1) is 18.5. The first-order chi connectivity index (χ1) is 12.0. The Kier molecular flexibility index (Phi) is 6.52. The number of hydrogen-bond donors (Lipinski definition) is 3. The van der Waals surface area contributed by atoms with Crippen molar-refractivity contribution in [3.8, 4) is 0 Å². The van der Waals surface area contributed by atoms with Crippen LogP contribution in [0, 0.1) is 6.92 Å². The van der Waals surface area contributed by atoms with Crippen LogP contribution in [0.1, 0.15) is 23.0 Å². The number of hydrazine groups is 1. The smallest absolute Gasteiger partial charge is 0.271 e. The molecule has 0 unspecified atom stereocenters. The summed E-state index contributed by atoms with van der Waals surface area (Å²) >= 11 is 1.12. The fourth-order valence-corrected chi connectivity index (χ4v) is 2.35. The van der Waals surface area contributed by atoms with Crippen molar-refractivity contribution < 1.29 is 18.9 Å². The topological polar surface area (TPSA) is 126 Å². The van der Waals surface area contributed by atoms with Gasteiger partial charge in [0.15, 0.2) is 5.82 Å². The number of rotatable bonds is 6. The van der Waals surface area contributed by atoms with E-state index in [-0.39, 0.29) is 11.7 Å². The van der Waals surface area contributed by atoms with Gasteiger partial charge in [-0.1, -0.05) is 5.16 Å². The lowest BCUT2D eigenvalue weighted by Gasteiger charge is -2.11. The van der Waals surface area contributed by atoms with Gasteiger partial charge in [-0.2, -0.15) is 0 Å². The average Bonchev–Trinajstić information content (AvgIpc) is 3.02. The van der Waals surface area contributed by atoms with Gasteiger partial charge in [0.1, 0.15) is 5.76 Å².